The van der Waals surface area contributed by atoms with Gasteiger partial charge >= 0.3 is 0 Å². The third kappa shape index (κ3) is 3.58. The fourth-order valence-electron chi connectivity index (χ4n) is 2.50. The third-order valence-corrected chi connectivity index (χ3v) is 4.60. The maximum atomic E-state index is 12.2. The summed E-state index contributed by atoms with van der Waals surface area (Å²) < 4.78 is 1.80. The van der Waals surface area contributed by atoms with Crippen LogP contribution in [0.15, 0.2) is 27.1 Å². The van der Waals surface area contributed by atoms with Crippen LogP contribution in [-0.4, -0.2) is 11.9 Å². The molecule has 1 aromatic carbocycles. The van der Waals surface area contributed by atoms with Gasteiger partial charge in [-0.2, -0.15) is 0 Å². The molecule has 1 saturated carbocycles. The molecule has 1 amide bonds. The highest BCUT2D eigenvalue weighted by Crippen LogP contribution is 2.25. The van der Waals surface area contributed by atoms with Crippen LogP contribution in [0.3, 0.4) is 0 Å². The van der Waals surface area contributed by atoms with Gasteiger partial charge in [0.05, 0.1) is 5.56 Å². The topological polar surface area (TPSA) is 29.1 Å². The van der Waals surface area contributed by atoms with Crippen LogP contribution in [0.4, 0.5) is 0 Å². The number of hydrogen-bond donors (Lipinski definition) is 1. The van der Waals surface area contributed by atoms with Crippen molar-refractivity contribution in [1.82, 2.24) is 5.32 Å². The molecule has 1 aromatic rings. The molecule has 1 N–H and O–H groups in total. The number of nitrogens with one attached hydrogen (secondary N) is 1. The second-order valence-corrected chi connectivity index (χ2v) is 6.84. The third-order valence-electron chi connectivity index (χ3n) is 3.45. The molecule has 2 atom stereocenters. The minimum Gasteiger partial charge on any atom is -0.349 e. The Morgan fingerprint density at radius 2 is 2.11 bits per heavy atom. The minimum absolute atomic E-state index is 0.0217. The van der Waals surface area contributed by atoms with E-state index in [4.69, 9.17) is 0 Å². The van der Waals surface area contributed by atoms with E-state index < -0.39 is 0 Å². The Kier molecular flexibility index (Phi) is 4.84. The first-order valence-corrected chi connectivity index (χ1v) is 7.91. The summed E-state index contributed by atoms with van der Waals surface area (Å²) >= 11 is 6.82. The molecule has 0 aliphatic heterocycles. The molecule has 1 fully saturated rings. The lowest BCUT2D eigenvalue weighted by Crippen LogP contribution is -2.38. The Hall–Kier alpha value is -0.350. The average Bonchev–Trinajstić information content (AvgIpc) is 2.28. The quantitative estimate of drug-likeness (QED) is 0.809. The highest BCUT2D eigenvalue weighted by molar-refractivity contribution is 9.11. The van der Waals surface area contributed by atoms with Gasteiger partial charge in [-0.25, -0.2) is 0 Å². The zero-order valence-corrected chi connectivity index (χ0v) is 13.6. The van der Waals surface area contributed by atoms with Crippen molar-refractivity contribution < 1.29 is 4.79 Å². The van der Waals surface area contributed by atoms with E-state index in [1.54, 1.807) is 0 Å². The minimum atomic E-state index is 0.0217. The molecule has 2 nitrogen and oxygen atoms in total. The first-order chi connectivity index (χ1) is 8.56. The molecule has 18 heavy (non-hydrogen) atoms. The SMILES string of the molecule is CC1CCCC(NC(=O)c2ccc(Br)cc2Br)C1. The largest absolute Gasteiger partial charge is 0.349 e. The lowest BCUT2D eigenvalue weighted by molar-refractivity contribution is 0.0920. The predicted molar refractivity (Wildman–Crippen MR) is 80.7 cm³/mol. The molecule has 4 heteroatoms. The zero-order chi connectivity index (χ0) is 13.1. The van der Waals surface area contributed by atoms with Crippen LogP contribution in [-0.2, 0) is 0 Å². The summed E-state index contributed by atoms with van der Waals surface area (Å²) in [6.45, 7) is 2.26. The summed E-state index contributed by atoms with van der Waals surface area (Å²) in [5.41, 5.74) is 0.705. The predicted octanol–water partition coefficient (Wildman–Crippen LogP) is 4.52. The number of hydrogen-bond acceptors (Lipinski definition) is 1. The molecule has 98 valence electrons. The summed E-state index contributed by atoms with van der Waals surface area (Å²) in [5.74, 6) is 0.742. The van der Waals surface area contributed by atoms with Gasteiger partial charge in [0.15, 0.2) is 0 Å². The molecule has 0 bridgehead atoms. The zero-order valence-electron chi connectivity index (χ0n) is 10.4. The molecule has 1 aliphatic carbocycles. The van der Waals surface area contributed by atoms with Crippen molar-refractivity contribution in [1.29, 1.82) is 0 Å². The lowest BCUT2D eigenvalue weighted by Gasteiger charge is -2.27. The van der Waals surface area contributed by atoms with Gasteiger partial charge < -0.3 is 5.32 Å². The first-order valence-electron chi connectivity index (χ1n) is 6.32. The van der Waals surface area contributed by atoms with Crippen molar-refractivity contribution in [2.45, 2.75) is 38.6 Å². The summed E-state index contributed by atoms with van der Waals surface area (Å²) in [7, 11) is 0. The molecule has 0 radical (unpaired) electrons. The van der Waals surface area contributed by atoms with Crippen molar-refractivity contribution in [2.24, 2.45) is 5.92 Å². The Bertz CT molecular complexity index is 447. The maximum Gasteiger partial charge on any atom is 0.252 e. The molecule has 2 unspecified atom stereocenters. The second kappa shape index (κ2) is 6.20. The molecule has 0 aromatic heterocycles. The van der Waals surface area contributed by atoms with Gasteiger partial charge in [0.25, 0.3) is 5.91 Å². The Labute approximate surface area is 125 Å². The second-order valence-electron chi connectivity index (χ2n) is 5.07. The number of rotatable bonds is 2. The van der Waals surface area contributed by atoms with Gasteiger partial charge in [-0.15, -0.1) is 0 Å². The number of halogens is 2. The van der Waals surface area contributed by atoms with E-state index in [9.17, 15) is 4.79 Å². The van der Waals surface area contributed by atoms with Crippen LogP contribution in [0.1, 0.15) is 43.0 Å². The van der Waals surface area contributed by atoms with Gasteiger partial charge in [-0.05, 0) is 52.9 Å². The highest BCUT2D eigenvalue weighted by Gasteiger charge is 2.21. The van der Waals surface area contributed by atoms with Crippen molar-refractivity contribution in [2.75, 3.05) is 0 Å². The van der Waals surface area contributed by atoms with Crippen LogP contribution in [0.2, 0.25) is 0 Å². The summed E-state index contributed by atoms with van der Waals surface area (Å²) in [6.07, 6.45) is 4.70. The molecule has 0 saturated heterocycles. The van der Waals surface area contributed by atoms with Crippen molar-refractivity contribution in [3.8, 4) is 0 Å². The van der Waals surface area contributed by atoms with E-state index in [1.807, 2.05) is 18.2 Å². The average molecular weight is 375 g/mol. The van der Waals surface area contributed by atoms with Gasteiger partial charge in [-0.3, -0.25) is 4.79 Å². The van der Waals surface area contributed by atoms with Gasteiger partial charge in [-0.1, -0.05) is 35.7 Å². The lowest BCUT2D eigenvalue weighted by atomic mass is 9.87. The van der Waals surface area contributed by atoms with E-state index >= 15 is 0 Å². The number of carbonyl (C=O) groups excluding carboxylic acids is 1. The molecule has 0 heterocycles. The van der Waals surface area contributed by atoms with Crippen LogP contribution >= 0.6 is 31.9 Å². The van der Waals surface area contributed by atoms with Crippen molar-refractivity contribution in [3.63, 3.8) is 0 Å². The Balaban J connectivity index is 2.03. The molecule has 0 spiro atoms. The molecular weight excluding hydrogens is 358 g/mol. The summed E-state index contributed by atoms with van der Waals surface area (Å²) in [4.78, 5) is 12.2. The van der Waals surface area contributed by atoms with Crippen LogP contribution in [0.5, 0.6) is 0 Å². The number of amides is 1. The molecular formula is C14H17Br2NO. The fraction of sp³-hybridized carbons (Fsp3) is 0.500. The fourth-order valence-corrected chi connectivity index (χ4v) is 3.73. The van der Waals surface area contributed by atoms with Crippen molar-refractivity contribution in [3.05, 3.63) is 32.7 Å². The summed E-state index contributed by atoms with van der Waals surface area (Å²) in [5, 5.41) is 3.14. The molecule has 2 rings (SSSR count). The van der Waals surface area contributed by atoms with Crippen LogP contribution < -0.4 is 5.32 Å². The standard InChI is InChI=1S/C14H17Br2NO/c1-9-3-2-4-11(7-9)17-14(18)12-6-5-10(15)8-13(12)16/h5-6,8-9,11H,2-4,7H2,1H3,(H,17,18). The number of carbonyl (C=O) groups is 1. The normalized spacial score (nSPS) is 23.7. The Morgan fingerprint density at radius 3 is 2.78 bits per heavy atom. The highest BCUT2D eigenvalue weighted by atomic mass is 79.9. The van der Waals surface area contributed by atoms with Gasteiger partial charge in [0, 0.05) is 15.0 Å². The maximum absolute atomic E-state index is 12.2. The first kappa shape index (κ1) is 14.1. The molecule has 1 aliphatic rings. The van der Waals surface area contributed by atoms with E-state index in [1.165, 1.54) is 12.8 Å². The van der Waals surface area contributed by atoms with E-state index in [2.05, 4.69) is 44.1 Å². The summed E-state index contributed by atoms with van der Waals surface area (Å²) in [6, 6.07) is 5.97. The smallest absolute Gasteiger partial charge is 0.252 e. The van der Waals surface area contributed by atoms with E-state index in [0.29, 0.717) is 11.6 Å². The van der Waals surface area contributed by atoms with E-state index in [-0.39, 0.29) is 5.91 Å². The monoisotopic (exact) mass is 373 g/mol. The number of benzene rings is 1. The van der Waals surface area contributed by atoms with Crippen LogP contribution in [0, 0.1) is 5.92 Å². The van der Waals surface area contributed by atoms with Crippen LogP contribution in [0.25, 0.3) is 0 Å². The van der Waals surface area contributed by atoms with Crippen molar-refractivity contribution >= 4 is 37.8 Å². The Morgan fingerprint density at radius 1 is 1.33 bits per heavy atom. The van der Waals surface area contributed by atoms with Gasteiger partial charge in [0.1, 0.15) is 0 Å². The van der Waals surface area contributed by atoms with Gasteiger partial charge in [0.2, 0.25) is 0 Å². The van der Waals surface area contributed by atoms with E-state index in [0.717, 1.165) is 27.7 Å².